The molecule has 0 unspecified atom stereocenters. The summed E-state index contributed by atoms with van der Waals surface area (Å²) in [5.74, 6) is 0.701. The van der Waals surface area contributed by atoms with Crippen molar-refractivity contribution in [3.63, 3.8) is 0 Å². The van der Waals surface area contributed by atoms with E-state index in [1.807, 2.05) is 36.6 Å². The lowest BCUT2D eigenvalue weighted by molar-refractivity contribution is 0.102. The summed E-state index contributed by atoms with van der Waals surface area (Å²) in [5.41, 5.74) is 1.44. The molecule has 7 nitrogen and oxygen atoms in total. The smallest absolute Gasteiger partial charge is 0.276 e. The zero-order chi connectivity index (χ0) is 17.8. The average Bonchev–Trinajstić information content (AvgIpc) is 3.00. The number of H-pyrrole nitrogens is 1. The van der Waals surface area contributed by atoms with Gasteiger partial charge in [-0.2, -0.15) is 0 Å². The van der Waals surface area contributed by atoms with Crippen molar-refractivity contribution in [2.75, 3.05) is 12.4 Å². The number of amides is 1. The zero-order valence-electron chi connectivity index (χ0n) is 13.7. The molecule has 0 saturated carbocycles. The highest BCUT2D eigenvalue weighted by molar-refractivity contribution is 7.13. The van der Waals surface area contributed by atoms with Crippen molar-refractivity contribution in [1.29, 1.82) is 0 Å². The Balaban J connectivity index is 1.79. The highest BCUT2D eigenvalue weighted by Crippen LogP contribution is 2.16. The van der Waals surface area contributed by atoms with Gasteiger partial charge in [0.15, 0.2) is 5.13 Å². The fraction of sp³-hybridized carbons (Fsp3) is 0.176. The van der Waals surface area contributed by atoms with Crippen molar-refractivity contribution < 1.29 is 9.53 Å². The number of methoxy groups -OCH3 is 1. The number of aromatic amines is 1. The Morgan fingerprint density at radius 1 is 1.28 bits per heavy atom. The van der Waals surface area contributed by atoms with Gasteiger partial charge in [0.05, 0.1) is 12.8 Å². The predicted molar refractivity (Wildman–Crippen MR) is 95.5 cm³/mol. The Hall–Kier alpha value is -3.00. The molecule has 128 valence electrons. The lowest BCUT2D eigenvalue weighted by Gasteiger charge is -2.05. The molecule has 2 heterocycles. The van der Waals surface area contributed by atoms with E-state index in [1.54, 1.807) is 7.11 Å². The number of benzene rings is 1. The molecule has 1 aromatic carbocycles. The summed E-state index contributed by atoms with van der Waals surface area (Å²) < 4.78 is 5.12. The first-order chi connectivity index (χ1) is 12.0. The summed E-state index contributed by atoms with van der Waals surface area (Å²) in [5, 5.41) is 4.95. The van der Waals surface area contributed by atoms with Gasteiger partial charge in [-0.3, -0.25) is 14.9 Å². The molecule has 0 saturated heterocycles. The number of carbonyl (C=O) groups is 1. The first-order valence-corrected chi connectivity index (χ1v) is 8.38. The topological polar surface area (TPSA) is 97.0 Å². The second kappa shape index (κ2) is 7.27. The van der Waals surface area contributed by atoms with Crippen molar-refractivity contribution in [1.82, 2.24) is 15.0 Å². The van der Waals surface area contributed by atoms with E-state index in [-0.39, 0.29) is 11.3 Å². The van der Waals surface area contributed by atoms with Crippen LogP contribution in [0, 0.1) is 6.92 Å². The van der Waals surface area contributed by atoms with Gasteiger partial charge in [-0.1, -0.05) is 12.1 Å². The second-order valence-electron chi connectivity index (χ2n) is 5.35. The Bertz CT molecular complexity index is 947. The predicted octanol–water partition coefficient (Wildman–Crippen LogP) is 2.39. The Morgan fingerprint density at radius 2 is 2.04 bits per heavy atom. The molecule has 2 aromatic heterocycles. The third kappa shape index (κ3) is 4.30. The maximum absolute atomic E-state index is 12.3. The molecule has 0 aliphatic carbocycles. The lowest BCUT2D eigenvalue weighted by Crippen LogP contribution is -2.20. The SMILES string of the molecule is COc1ccc(Cc2nc(C(=O)Nc3nc(C)cs3)cc(=O)[nH]2)cc1. The van der Waals surface area contributed by atoms with Crippen molar-refractivity contribution >= 4 is 22.4 Å². The van der Waals surface area contributed by atoms with E-state index in [1.165, 1.54) is 17.4 Å². The highest BCUT2D eigenvalue weighted by atomic mass is 32.1. The van der Waals surface area contributed by atoms with E-state index in [4.69, 9.17) is 4.74 Å². The van der Waals surface area contributed by atoms with E-state index in [2.05, 4.69) is 20.3 Å². The molecule has 0 atom stereocenters. The molecule has 0 spiro atoms. The summed E-state index contributed by atoms with van der Waals surface area (Å²) >= 11 is 1.32. The number of rotatable bonds is 5. The summed E-state index contributed by atoms with van der Waals surface area (Å²) in [4.78, 5) is 35.2. The minimum atomic E-state index is -0.462. The van der Waals surface area contributed by atoms with E-state index in [0.29, 0.717) is 17.4 Å². The fourth-order valence-corrected chi connectivity index (χ4v) is 2.90. The number of aromatic nitrogens is 3. The van der Waals surface area contributed by atoms with Crippen molar-refractivity contribution in [2.24, 2.45) is 0 Å². The number of nitrogens with zero attached hydrogens (tertiary/aromatic N) is 2. The van der Waals surface area contributed by atoms with Gasteiger partial charge in [0.2, 0.25) is 0 Å². The number of hydrogen-bond acceptors (Lipinski definition) is 6. The monoisotopic (exact) mass is 356 g/mol. The minimum absolute atomic E-state index is 0.0557. The number of nitrogens with one attached hydrogen (secondary N) is 2. The van der Waals surface area contributed by atoms with Crippen molar-refractivity contribution in [3.8, 4) is 5.75 Å². The van der Waals surface area contributed by atoms with Crippen LogP contribution in [0.4, 0.5) is 5.13 Å². The van der Waals surface area contributed by atoms with Gasteiger partial charge in [-0.25, -0.2) is 9.97 Å². The molecule has 3 rings (SSSR count). The van der Waals surface area contributed by atoms with Crippen molar-refractivity contribution in [2.45, 2.75) is 13.3 Å². The van der Waals surface area contributed by atoms with Crippen LogP contribution in [0.25, 0.3) is 0 Å². The summed E-state index contributed by atoms with van der Waals surface area (Å²) in [6.07, 6.45) is 0.400. The van der Waals surface area contributed by atoms with Crippen LogP contribution < -0.4 is 15.6 Å². The minimum Gasteiger partial charge on any atom is -0.497 e. The maximum atomic E-state index is 12.3. The molecule has 0 radical (unpaired) electrons. The van der Waals surface area contributed by atoms with Gasteiger partial charge in [-0.05, 0) is 24.6 Å². The molecule has 25 heavy (non-hydrogen) atoms. The summed E-state index contributed by atoms with van der Waals surface area (Å²) in [7, 11) is 1.60. The van der Waals surface area contributed by atoms with E-state index >= 15 is 0 Å². The Labute approximate surface area is 147 Å². The number of hydrogen-bond donors (Lipinski definition) is 2. The third-order valence-electron chi connectivity index (χ3n) is 3.39. The van der Waals surface area contributed by atoms with Crippen LogP contribution in [0.15, 0.2) is 40.5 Å². The van der Waals surface area contributed by atoms with E-state index in [0.717, 1.165) is 17.0 Å². The van der Waals surface area contributed by atoms with Crippen LogP contribution in [-0.4, -0.2) is 28.0 Å². The molecular formula is C17H16N4O3S. The summed E-state index contributed by atoms with van der Waals surface area (Å²) in [6.45, 7) is 1.84. The molecule has 0 fully saturated rings. The fourth-order valence-electron chi connectivity index (χ4n) is 2.22. The van der Waals surface area contributed by atoms with Crippen LogP contribution in [0.3, 0.4) is 0 Å². The third-order valence-corrected chi connectivity index (χ3v) is 4.27. The van der Waals surface area contributed by atoms with Gasteiger partial charge in [-0.15, -0.1) is 11.3 Å². The molecular weight excluding hydrogens is 340 g/mol. The maximum Gasteiger partial charge on any atom is 0.276 e. The molecule has 0 aliphatic heterocycles. The first-order valence-electron chi connectivity index (χ1n) is 7.50. The standard InChI is InChI=1S/C17H16N4O3S/c1-10-9-25-17(18-10)21-16(23)13-8-15(22)20-14(19-13)7-11-3-5-12(24-2)6-4-11/h3-6,8-9H,7H2,1-2H3,(H,18,21,23)(H,19,20,22). The lowest BCUT2D eigenvalue weighted by atomic mass is 10.1. The zero-order valence-corrected chi connectivity index (χ0v) is 14.5. The van der Waals surface area contributed by atoms with E-state index < -0.39 is 5.91 Å². The quantitative estimate of drug-likeness (QED) is 0.732. The number of aryl methyl sites for hydroxylation is 1. The second-order valence-corrected chi connectivity index (χ2v) is 6.21. The molecule has 8 heteroatoms. The van der Waals surface area contributed by atoms with Crippen LogP contribution >= 0.6 is 11.3 Å². The number of thiazole rings is 1. The Kier molecular flexibility index (Phi) is 4.90. The summed E-state index contributed by atoms with van der Waals surface area (Å²) in [6, 6.07) is 8.59. The molecule has 3 aromatic rings. The van der Waals surface area contributed by atoms with Crippen LogP contribution in [0.2, 0.25) is 0 Å². The normalized spacial score (nSPS) is 10.5. The number of anilines is 1. The van der Waals surface area contributed by atoms with Crippen LogP contribution in [0.1, 0.15) is 27.6 Å². The molecule has 0 aliphatic rings. The van der Waals surface area contributed by atoms with Gasteiger partial charge >= 0.3 is 0 Å². The number of carbonyl (C=O) groups excluding carboxylic acids is 1. The number of ether oxygens (including phenoxy) is 1. The largest absolute Gasteiger partial charge is 0.497 e. The van der Waals surface area contributed by atoms with Gasteiger partial charge in [0.1, 0.15) is 17.3 Å². The van der Waals surface area contributed by atoms with Gasteiger partial charge in [0.25, 0.3) is 11.5 Å². The Morgan fingerprint density at radius 3 is 2.68 bits per heavy atom. The average molecular weight is 356 g/mol. The molecule has 1 amide bonds. The van der Waals surface area contributed by atoms with Gasteiger partial charge < -0.3 is 9.72 Å². The van der Waals surface area contributed by atoms with Gasteiger partial charge in [0, 0.05) is 17.9 Å². The molecule has 2 N–H and O–H groups in total. The van der Waals surface area contributed by atoms with E-state index in [9.17, 15) is 9.59 Å². The first kappa shape index (κ1) is 16.8. The highest BCUT2D eigenvalue weighted by Gasteiger charge is 2.12. The molecule has 0 bridgehead atoms. The van der Waals surface area contributed by atoms with Crippen molar-refractivity contribution in [3.05, 3.63) is 68.8 Å². The van der Waals surface area contributed by atoms with Crippen LogP contribution in [0.5, 0.6) is 5.75 Å². The van der Waals surface area contributed by atoms with Crippen LogP contribution in [-0.2, 0) is 6.42 Å².